The predicted molar refractivity (Wildman–Crippen MR) is 93.0 cm³/mol. The van der Waals surface area contributed by atoms with E-state index in [0.29, 0.717) is 22.0 Å². The molecule has 0 radical (unpaired) electrons. The molecular weight excluding hydrogens is 334 g/mol. The Hall–Kier alpha value is -2.80. The highest BCUT2D eigenvalue weighted by molar-refractivity contribution is 6.33. The van der Waals surface area contributed by atoms with Crippen molar-refractivity contribution in [3.63, 3.8) is 0 Å². The number of hydrogen-bond donors (Lipinski definition) is 2. The summed E-state index contributed by atoms with van der Waals surface area (Å²) in [6.45, 7) is 1.67. The lowest BCUT2D eigenvalue weighted by atomic mass is 10.1. The van der Waals surface area contributed by atoms with Crippen LogP contribution < -0.4 is 15.4 Å². The number of hydrogen-bond acceptors (Lipinski definition) is 5. The number of ether oxygens (including phenoxy) is 1. The van der Waals surface area contributed by atoms with Gasteiger partial charge in [0.2, 0.25) is 5.91 Å². The zero-order chi connectivity index (χ0) is 17.7. The molecule has 1 amide bonds. The zero-order valence-corrected chi connectivity index (χ0v) is 13.9. The van der Waals surface area contributed by atoms with Crippen LogP contribution in [0.25, 0.3) is 0 Å². The van der Waals surface area contributed by atoms with Crippen LogP contribution in [-0.4, -0.2) is 24.5 Å². The summed E-state index contributed by atoms with van der Waals surface area (Å²) in [5, 5.41) is 17.1. The molecule has 126 valence electrons. The van der Waals surface area contributed by atoms with Crippen molar-refractivity contribution in [2.75, 3.05) is 24.3 Å². The molecule has 0 saturated carbocycles. The summed E-state index contributed by atoms with van der Waals surface area (Å²) in [6, 6.07) is 9.86. The van der Waals surface area contributed by atoms with Crippen LogP contribution in [0, 0.1) is 17.0 Å². The van der Waals surface area contributed by atoms with Gasteiger partial charge >= 0.3 is 5.69 Å². The Morgan fingerprint density at radius 2 is 2.00 bits per heavy atom. The smallest absolute Gasteiger partial charge is 0.311 e. The number of benzene rings is 2. The van der Waals surface area contributed by atoms with Gasteiger partial charge in [-0.3, -0.25) is 14.9 Å². The van der Waals surface area contributed by atoms with Crippen molar-refractivity contribution >= 4 is 34.6 Å². The van der Waals surface area contributed by atoms with E-state index in [1.54, 1.807) is 31.2 Å². The maximum absolute atomic E-state index is 12.1. The SMILES string of the molecule is COc1cc(NC(=O)CNc2ccccc2Cl)c(C)cc1[N+](=O)[O-]. The maximum atomic E-state index is 12.1. The molecule has 0 aromatic heterocycles. The molecule has 0 unspecified atom stereocenters. The molecule has 0 aliphatic rings. The molecule has 0 saturated heterocycles. The van der Waals surface area contributed by atoms with Crippen LogP contribution in [0.15, 0.2) is 36.4 Å². The van der Waals surface area contributed by atoms with Crippen molar-refractivity contribution in [2.24, 2.45) is 0 Å². The fourth-order valence-corrected chi connectivity index (χ4v) is 2.29. The summed E-state index contributed by atoms with van der Waals surface area (Å²) in [4.78, 5) is 22.5. The van der Waals surface area contributed by atoms with Gasteiger partial charge in [0, 0.05) is 17.8 Å². The molecule has 0 fully saturated rings. The van der Waals surface area contributed by atoms with E-state index in [0.717, 1.165) is 0 Å². The number of aryl methyl sites for hydroxylation is 1. The molecule has 2 aromatic carbocycles. The van der Waals surface area contributed by atoms with E-state index in [4.69, 9.17) is 16.3 Å². The van der Waals surface area contributed by atoms with Crippen molar-refractivity contribution in [3.05, 3.63) is 57.1 Å². The number of nitrogens with zero attached hydrogens (tertiary/aromatic N) is 1. The Morgan fingerprint density at radius 1 is 1.29 bits per heavy atom. The average Bonchev–Trinajstić information content (AvgIpc) is 2.55. The van der Waals surface area contributed by atoms with Crippen LogP contribution in [0.1, 0.15) is 5.56 Å². The van der Waals surface area contributed by atoms with Gasteiger partial charge in [-0.05, 0) is 24.6 Å². The number of carbonyl (C=O) groups excluding carboxylic acids is 1. The fraction of sp³-hybridized carbons (Fsp3) is 0.188. The number of carbonyl (C=O) groups is 1. The van der Waals surface area contributed by atoms with E-state index >= 15 is 0 Å². The lowest BCUT2D eigenvalue weighted by Gasteiger charge is -2.12. The minimum Gasteiger partial charge on any atom is -0.490 e. The number of amides is 1. The summed E-state index contributed by atoms with van der Waals surface area (Å²) < 4.78 is 5.00. The standard InChI is InChI=1S/C16H16ClN3O4/c1-10-7-14(20(22)23)15(24-2)8-13(10)19-16(21)9-18-12-6-4-3-5-11(12)17/h3-8,18H,9H2,1-2H3,(H,19,21). The van der Waals surface area contributed by atoms with Gasteiger partial charge in [0.25, 0.3) is 0 Å². The monoisotopic (exact) mass is 349 g/mol. The fourth-order valence-electron chi connectivity index (χ4n) is 2.09. The van der Waals surface area contributed by atoms with E-state index < -0.39 is 4.92 Å². The van der Waals surface area contributed by atoms with Crippen LogP contribution in [0.4, 0.5) is 17.1 Å². The first-order chi connectivity index (χ1) is 11.4. The van der Waals surface area contributed by atoms with Gasteiger partial charge in [0.1, 0.15) is 0 Å². The van der Waals surface area contributed by atoms with Gasteiger partial charge in [-0.25, -0.2) is 0 Å². The Bertz CT molecular complexity index is 780. The number of nitro benzene ring substituents is 1. The summed E-state index contributed by atoms with van der Waals surface area (Å²) in [7, 11) is 1.34. The highest BCUT2D eigenvalue weighted by atomic mass is 35.5. The van der Waals surface area contributed by atoms with Crippen molar-refractivity contribution in [1.29, 1.82) is 0 Å². The van der Waals surface area contributed by atoms with Gasteiger partial charge in [0.15, 0.2) is 5.75 Å². The molecule has 2 aromatic rings. The largest absolute Gasteiger partial charge is 0.490 e. The minimum absolute atomic E-state index is 0.00246. The quantitative estimate of drug-likeness (QED) is 0.613. The Morgan fingerprint density at radius 3 is 2.62 bits per heavy atom. The number of halogens is 1. The first kappa shape index (κ1) is 17.6. The van der Waals surface area contributed by atoms with Crippen molar-refractivity contribution in [1.82, 2.24) is 0 Å². The Balaban J connectivity index is 2.09. The van der Waals surface area contributed by atoms with E-state index in [1.165, 1.54) is 19.2 Å². The molecule has 2 N–H and O–H groups in total. The molecule has 0 aliphatic heterocycles. The van der Waals surface area contributed by atoms with Gasteiger partial charge < -0.3 is 15.4 Å². The second kappa shape index (κ2) is 7.65. The highest BCUT2D eigenvalue weighted by Gasteiger charge is 2.18. The lowest BCUT2D eigenvalue weighted by Crippen LogP contribution is -2.22. The second-order valence-corrected chi connectivity index (χ2v) is 5.38. The van der Waals surface area contributed by atoms with Crippen LogP contribution in [0.2, 0.25) is 5.02 Å². The van der Waals surface area contributed by atoms with Crippen molar-refractivity contribution in [2.45, 2.75) is 6.92 Å². The summed E-state index contributed by atoms with van der Waals surface area (Å²) in [5.41, 5.74) is 1.51. The van der Waals surface area contributed by atoms with Gasteiger partial charge in [0.05, 0.1) is 29.3 Å². The minimum atomic E-state index is -0.531. The van der Waals surface area contributed by atoms with Crippen molar-refractivity contribution < 1.29 is 14.5 Å². The van der Waals surface area contributed by atoms with Gasteiger partial charge in [-0.15, -0.1) is 0 Å². The molecule has 0 aliphatic carbocycles. The molecule has 0 heterocycles. The summed E-state index contributed by atoms with van der Waals surface area (Å²) in [5.74, 6) is -0.228. The third-order valence-electron chi connectivity index (χ3n) is 3.31. The first-order valence-electron chi connectivity index (χ1n) is 7.03. The number of para-hydroxylation sites is 1. The summed E-state index contributed by atoms with van der Waals surface area (Å²) in [6.07, 6.45) is 0. The third-order valence-corrected chi connectivity index (χ3v) is 3.64. The Labute approximate surface area is 143 Å². The van der Waals surface area contributed by atoms with Crippen LogP contribution in [0.5, 0.6) is 5.75 Å². The number of nitrogens with one attached hydrogen (secondary N) is 2. The lowest BCUT2D eigenvalue weighted by molar-refractivity contribution is -0.385. The van der Waals surface area contributed by atoms with E-state index in [1.807, 2.05) is 0 Å². The average molecular weight is 350 g/mol. The zero-order valence-electron chi connectivity index (χ0n) is 13.1. The molecule has 2 rings (SSSR count). The molecule has 0 spiro atoms. The second-order valence-electron chi connectivity index (χ2n) is 4.98. The number of methoxy groups -OCH3 is 1. The normalized spacial score (nSPS) is 10.1. The van der Waals surface area contributed by atoms with Crippen LogP contribution in [0.3, 0.4) is 0 Å². The van der Waals surface area contributed by atoms with Crippen molar-refractivity contribution in [3.8, 4) is 5.75 Å². The first-order valence-corrected chi connectivity index (χ1v) is 7.41. The van der Waals surface area contributed by atoms with Gasteiger partial charge in [-0.1, -0.05) is 23.7 Å². The van der Waals surface area contributed by atoms with Crippen LogP contribution in [-0.2, 0) is 4.79 Å². The molecule has 24 heavy (non-hydrogen) atoms. The third kappa shape index (κ3) is 4.14. The number of anilines is 2. The van der Waals surface area contributed by atoms with Crippen LogP contribution >= 0.6 is 11.6 Å². The molecular formula is C16H16ClN3O4. The molecule has 0 bridgehead atoms. The highest BCUT2D eigenvalue weighted by Crippen LogP contribution is 2.32. The summed E-state index contributed by atoms with van der Waals surface area (Å²) >= 11 is 6.01. The van der Waals surface area contributed by atoms with E-state index in [2.05, 4.69) is 10.6 Å². The predicted octanol–water partition coefficient (Wildman–Crippen LogP) is 3.62. The Kier molecular flexibility index (Phi) is 5.59. The molecule has 8 heteroatoms. The maximum Gasteiger partial charge on any atom is 0.311 e. The topological polar surface area (TPSA) is 93.5 Å². The molecule has 7 nitrogen and oxygen atoms in total. The van der Waals surface area contributed by atoms with Gasteiger partial charge in [-0.2, -0.15) is 0 Å². The van der Waals surface area contributed by atoms with E-state index in [9.17, 15) is 14.9 Å². The number of nitro groups is 1. The molecule has 0 atom stereocenters. The number of rotatable bonds is 6. The van der Waals surface area contributed by atoms with E-state index in [-0.39, 0.29) is 23.9 Å².